The Morgan fingerprint density at radius 2 is 2.12 bits per heavy atom. The molecule has 0 aliphatic carbocycles. The van der Waals surface area contributed by atoms with Gasteiger partial charge in [-0.05, 0) is 42.0 Å². The number of halogens is 2. The maximum atomic E-state index is 13.1. The van der Waals surface area contributed by atoms with Crippen LogP contribution < -0.4 is 15.4 Å². The van der Waals surface area contributed by atoms with Gasteiger partial charge in [0.2, 0.25) is 5.95 Å². The Bertz CT molecular complexity index is 933. The minimum atomic E-state index is -0.381. The third-order valence-corrected chi connectivity index (χ3v) is 3.99. The van der Waals surface area contributed by atoms with Gasteiger partial charge in [-0.3, -0.25) is 5.32 Å². The van der Waals surface area contributed by atoms with Gasteiger partial charge in [0, 0.05) is 16.8 Å². The number of benzene rings is 2. The van der Waals surface area contributed by atoms with E-state index in [1.54, 1.807) is 17.9 Å². The topological polar surface area (TPSA) is 64.0 Å². The van der Waals surface area contributed by atoms with Crippen LogP contribution in [0.15, 0.2) is 48.8 Å². The number of aromatic nitrogens is 3. The Morgan fingerprint density at radius 3 is 2.88 bits per heavy atom. The first-order valence-electron chi connectivity index (χ1n) is 7.59. The molecule has 0 radical (unpaired) electrons. The molecule has 1 aromatic heterocycles. The highest BCUT2D eigenvalue weighted by Gasteiger charge is 2.07. The number of nitrogens with one attached hydrogen (secondary N) is 2. The summed E-state index contributed by atoms with van der Waals surface area (Å²) in [5.74, 6) is 0.675. The fourth-order valence-electron chi connectivity index (χ4n) is 2.22. The molecule has 0 aliphatic heterocycles. The van der Waals surface area contributed by atoms with Gasteiger partial charge < -0.3 is 10.1 Å². The zero-order chi connectivity index (χ0) is 18.5. The van der Waals surface area contributed by atoms with Crippen molar-refractivity contribution in [3.05, 3.63) is 65.2 Å². The van der Waals surface area contributed by atoms with Crippen molar-refractivity contribution in [2.45, 2.75) is 6.54 Å². The van der Waals surface area contributed by atoms with Gasteiger partial charge in [0.1, 0.15) is 17.9 Å². The average Bonchev–Trinajstić information content (AvgIpc) is 3.04. The van der Waals surface area contributed by atoms with Gasteiger partial charge in [-0.15, -0.1) is 5.10 Å². The van der Waals surface area contributed by atoms with E-state index < -0.39 is 0 Å². The van der Waals surface area contributed by atoms with Crippen LogP contribution >= 0.6 is 23.8 Å². The quantitative estimate of drug-likeness (QED) is 0.642. The van der Waals surface area contributed by atoms with Crippen LogP contribution in [0.5, 0.6) is 5.75 Å². The molecule has 26 heavy (non-hydrogen) atoms. The predicted molar refractivity (Wildman–Crippen MR) is 103 cm³/mol. The van der Waals surface area contributed by atoms with Crippen LogP contribution in [0.4, 0.5) is 16.0 Å². The summed E-state index contributed by atoms with van der Waals surface area (Å²) in [5, 5.41) is 10.9. The molecule has 2 aromatic carbocycles. The van der Waals surface area contributed by atoms with Crippen LogP contribution in [0.3, 0.4) is 0 Å². The van der Waals surface area contributed by atoms with Gasteiger partial charge in [-0.2, -0.15) is 0 Å². The lowest BCUT2D eigenvalue weighted by atomic mass is 10.2. The van der Waals surface area contributed by atoms with E-state index in [1.165, 1.54) is 18.5 Å². The number of thiocarbonyl (C=S) groups is 1. The molecule has 0 saturated heterocycles. The van der Waals surface area contributed by atoms with Crippen LogP contribution in [0.2, 0.25) is 5.02 Å². The number of anilines is 2. The Balaban J connectivity index is 1.61. The molecular formula is C17H15ClFN5OS. The van der Waals surface area contributed by atoms with Crippen molar-refractivity contribution in [2.75, 3.05) is 17.7 Å². The van der Waals surface area contributed by atoms with Gasteiger partial charge in [0.25, 0.3) is 0 Å². The van der Waals surface area contributed by atoms with Gasteiger partial charge in [0.15, 0.2) is 5.11 Å². The third-order valence-electron chi connectivity index (χ3n) is 3.44. The molecule has 0 saturated carbocycles. The molecule has 134 valence electrons. The summed E-state index contributed by atoms with van der Waals surface area (Å²) in [6.07, 6.45) is 1.54. The first-order chi connectivity index (χ1) is 12.5. The van der Waals surface area contributed by atoms with E-state index in [1.807, 2.05) is 24.3 Å². The summed E-state index contributed by atoms with van der Waals surface area (Å²) in [4.78, 5) is 4.15. The minimum Gasteiger partial charge on any atom is -0.497 e. The molecule has 3 aromatic rings. The predicted octanol–water partition coefficient (Wildman–Crippen LogP) is 3.94. The first-order valence-corrected chi connectivity index (χ1v) is 8.37. The van der Waals surface area contributed by atoms with Crippen molar-refractivity contribution in [1.29, 1.82) is 0 Å². The van der Waals surface area contributed by atoms with Crippen molar-refractivity contribution >= 4 is 40.6 Å². The normalized spacial score (nSPS) is 10.4. The molecule has 1 heterocycles. The molecule has 0 atom stereocenters. The molecule has 0 unspecified atom stereocenters. The Hall–Kier alpha value is -2.71. The maximum Gasteiger partial charge on any atom is 0.248 e. The fraction of sp³-hybridized carbons (Fsp3) is 0.118. The summed E-state index contributed by atoms with van der Waals surface area (Å²) < 4.78 is 19.8. The zero-order valence-electron chi connectivity index (χ0n) is 13.7. The average molecular weight is 392 g/mol. The Labute approximate surface area is 160 Å². The van der Waals surface area contributed by atoms with Crippen molar-refractivity contribution in [1.82, 2.24) is 14.8 Å². The smallest absolute Gasteiger partial charge is 0.248 e. The molecule has 0 fully saturated rings. The van der Waals surface area contributed by atoms with Gasteiger partial charge in [-0.25, -0.2) is 14.1 Å². The number of hydrogen-bond acceptors (Lipinski definition) is 4. The lowest BCUT2D eigenvalue weighted by molar-refractivity contribution is 0.415. The maximum absolute atomic E-state index is 13.1. The van der Waals surface area contributed by atoms with Crippen LogP contribution in [-0.4, -0.2) is 27.0 Å². The summed E-state index contributed by atoms with van der Waals surface area (Å²) >= 11 is 11.3. The zero-order valence-corrected chi connectivity index (χ0v) is 15.3. The Morgan fingerprint density at radius 1 is 1.27 bits per heavy atom. The van der Waals surface area contributed by atoms with Gasteiger partial charge >= 0.3 is 0 Å². The highest BCUT2D eigenvalue weighted by atomic mass is 35.5. The summed E-state index contributed by atoms with van der Waals surface area (Å²) in [7, 11) is 1.60. The van der Waals surface area contributed by atoms with E-state index in [0.717, 1.165) is 17.0 Å². The SMILES string of the molecule is COc1cccc(NC(=S)Nc2ncn(Cc3ccc(F)cc3Cl)n2)c1. The van der Waals surface area contributed by atoms with Crippen LogP contribution in [0.1, 0.15) is 5.56 Å². The number of rotatable bonds is 5. The van der Waals surface area contributed by atoms with Crippen molar-refractivity contribution < 1.29 is 9.13 Å². The molecule has 2 N–H and O–H groups in total. The van der Waals surface area contributed by atoms with Crippen LogP contribution in [-0.2, 0) is 6.54 Å². The molecule has 6 nitrogen and oxygen atoms in total. The molecule has 0 aliphatic rings. The van der Waals surface area contributed by atoms with E-state index in [9.17, 15) is 4.39 Å². The highest BCUT2D eigenvalue weighted by molar-refractivity contribution is 7.80. The lowest BCUT2D eigenvalue weighted by Gasteiger charge is -2.09. The van der Waals surface area contributed by atoms with Crippen LogP contribution in [0.25, 0.3) is 0 Å². The van der Waals surface area contributed by atoms with E-state index in [0.29, 0.717) is 22.6 Å². The molecule has 9 heteroatoms. The molecular weight excluding hydrogens is 377 g/mol. The first kappa shape index (κ1) is 18.1. The van der Waals surface area contributed by atoms with Gasteiger partial charge in [-0.1, -0.05) is 23.7 Å². The van der Waals surface area contributed by atoms with Crippen LogP contribution in [0, 0.1) is 5.82 Å². The van der Waals surface area contributed by atoms with Gasteiger partial charge in [0.05, 0.1) is 13.7 Å². The van der Waals surface area contributed by atoms with E-state index in [2.05, 4.69) is 20.7 Å². The molecule has 0 bridgehead atoms. The third kappa shape index (κ3) is 4.68. The second-order valence-electron chi connectivity index (χ2n) is 5.31. The minimum absolute atomic E-state index is 0.337. The monoisotopic (exact) mass is 391 g/mol. The molecule has 0 spiro atoms. The second-order valence-corrected chi connectivity index (χ2v) is 6.13. The van der Waals surface area contributed by atoms with E-state index in [4.69, 9.17) is 28.6 Å². The number of hydrogen-bond donors (Lipinski definition) is 2. The standard InChI is InChI=1S/C17H15ClFN5OS/c1-25-14-4-2-3-13(8-14)21-17(26)22-16-20-10-24(23-16)9-11-5-6-12(19)7-15(11)18/h2-8,10H,9H2,1H3,(H2,21,22,23,26). The summed E-state index contributed by atoms with van der Waals surface area (Å²) in [6, 6.07) is 11.6. The number of nitrogens with zero attached hydrogens (tertiary/aromatic N) is 3. The second kappa shape index (κ2) is 8.11. The van der Waals surface area contributed by atoms with E-state index in [-0.39, 0.29) is 5.82 Å². The summed E-state index contributed by atoms with van der Waals surface area (Å²) in [6.45, 7) is 0.365. The Kier molecular flexibility index (Phi) is 5.65. The summed E-state index contributed by atoms with van der Waals surface area (Å²) in [5.41, 5.74) is 1.51. The number of methoxy groups -OCH3 is 1. The van der Waals surface area contributed by atoms with Crippen molar-refractivity contribution in [3.8, 4) is 5.75 Å². The van der Waals surface area contributed by atoms with E-state index >= 15 is 0 Å². The molecule has 3 rings (SSSR count). The fourth-order valence-corrected chi connectivity index (χ4v) is 2.65. The van der Waals surface area contributed by atoms with Crippen molar-refractivity contribution in [2.24, 2.45) is 0 Å². The highest BCUT2D eigenvalue weighted by Crippen LogP contribution is 2.19. The molecule has 0 amide bonds. The van der Waals surface area contributed by atoms with Crippen molar-refractivity contribution in [3.63, 3.8) is 0 Å². The largest absolute Gasteiger partial charge is 0.497 e. The lowest BCUT2D eigenvalue weighted by Crippen LogP contribution is -2.20. The number of ether oxygens (including phenoxy) is 1.